The van der Waals surface area contributed by atoms with Gasteiger partial charge in [-0.3, -0.25) is 0 Å². The van der Waals surface area contributed by atoms with Gasteiger partial charge in [-0.1, -0.05) is 51.3 Å². The van der Waals surface area contributed by atoms with Crippen molar-refractivity contribution in [3.8, 4) is 6.19 Å². The minimum absolute atomic E-state index is 0.184. The molecule has 1 saturated heterocycles. The lowest BCUT2D eigenvalue weighted by atomic mass is 9.72. The summed E-state index contributed by atoms with van der Waals surface area (Å²) in [5.41, 5.74) is 9.60. The fourth-order valence-corrected chi connectivity index (χ4v) is 4.93. The van der Waals surface area contributed by atoms with Crippen LogP contribution in [0.5, 0.6) is 0 Å². The quantitative estimate of drug-likeness (QED) is 0.785. The van der Waals surface area contributed by atoms with Crippen LogP contribution >= 0.6 is 0 Å². The summed E-state index contributed by atoms with van der Waals surface area (Å²) in [4.78, 5) is 5.66. The number of rotatable bonds is 3. The number of nitrogens with one attached hydrogen (secondary N) is 1. The Kier molecular flexibility index (Phi) is 6.21. The Bertz CT molecular complexity index is 757. The Morgan fingerprint density at radius 1 is 1.19 bits per heavy atom. The predicted molar refractivity (Wildman–Crippen MR) is 108 cm³/mol. The molecule has 0 amide bonds. The van der Waals surface area contributed by atoms with Crippen LogP contribution < -0.4 is 5.73 Å². The number of fused-ring (bicyclic) bond motifs is 2. The molecule has 2 fully saturated rings. The Morgan fingerprint density at radius 3 is 2.65 bits per heavy atom. The molecule has 3 N–H and O–H groups in total. The number of likely N-dealkylation sites (tertiary alicyclic amines) is 1. The molecule has 3 unspecified atom stereocenters. The molecule has 2 heterocycles. The van der Waals surface area contributed by atoms with Gasteiger partial charge >= 0.3 is 0 Å². The molecule has 1 aliphatic heterocycles. The molecule has 4 rings (SSSR count). The van der Waals surface area contributed by atoms with Crippen LogP contribution in [0.2, 0.25) is 0 Å². The number of nitrogens with two attached hydrogens (primary N) is 1. The van der Waals surface area contributed by atoms with E-state index in [9.17, 15) is 5.26 Å². The van der Waals surface area contributed by atoms with Crippen LogP contribution in [0.3, 0.4) is 0 Å². The predicted octanol–water partition coefficient (Wildman–Crippen LogP) is 4.73. The van der Waals surface area contributed by atoms with Crippen LogP contribution in [-0.2, 0) is 6.42 Å². The van der Waals surface area contributed by atoms with Crippen LogP contribution in [0.15, 0.2) is 24.3 Å². The number of aromatic nitrogens is 1. The van der Waals surface area contributed by atoms with Crippen molar-refractivity contribution >= 4 is 10.9 Å². The molecule has 1 aromatic carbocycles. The highest BCUT2D eigenvalue weighted by molar-refractivity contribution is 5.84. The average molecular weight is 353 g/mol. The van der Waals surface area contributed by atoms with Gasteiger partial charge in [-0.05, 0) is 49.3 Å². The van der Waals surface area contributed by atoms with Gasteiger partial charge in [0.05, 0.1) is 6.04 Å². The standard InChI is InChI=1S/C20H26N4.C2H6/c21-10-9-17-16-7-3-4-8-18(16)23-20(17)19-11-14-5-1-2-6-15(14)12-24(19)13-22;1-2/h3-4,7-8,14-15,19,23H,1-2,5-6,9-12,21H2;1-2H3. The lowest BCUT2D eigenvalue weighted by Crippen LogP contribution is -2.41. The number of piperidine rings is 1. The van der Waals surface area contributed by atoms with E-state index in [1.54, 1.807) is 0 Å². The lowest BCUT2D eigenvalue weighted by Gasteiger charge is -2.44. The summed E-state index contributed by atoms with van der Waals surface area (Å²) < 4.78 is 0. The summed E-state index contributed by atoms with van der Waals surface area (Å²) in [6, 6.07) is 8.63. The molecule has 4 nitrogen and oxygen atoms in total. The molecule has 140 valence electrons. The van der Waals surface area contributed by atoms with E-state index < -0.39 is 0 Å². The first kappa shape index (κ1) is 18.8. The van der Waals surface area contributed by atoms with Gasteiger partial charge in [0.25, 0.3) is 0 Å². The molecule has 1 aromatic heterocycles. The number of nitriles is 1. The smallest absolute Gasteiger partial charge is 0.179 e. The summed E-state index contributed by atoms with van der Waals surface area (Å²) in [5, 5.41) is 11.0. The van der Waals surface area contributed by atoms with E-state index >= 15 is 0 Å². The molecule has 1 saturated carbocycles. The first-order valence-electron chi connectivity index (χ1n) is 10.3. The third-order valence-electron chi connectivity index (χ3n) is 6.10. The topological polar surface area (TPSA) is 68.8 Å². The van der Waals surface area contributed by atoms with Crippen LogP contribution in [0.4, 0.5) is 0 Å². The number of hydrogen-bond acceptors (Lipinski definition) is 3. The molecular weight excluding hydrogens is 320 g/mol. The number of benzene rings is 1. The first-order valence-corrected chi connectivity index (χ1v) is 10.3. The summed E-state index contributed by atoms with van der Waals surface area (Å²) >= 11 is 0. The Hall–Kier alpha value is -1.99. The third kappa shape index (κ3) is 3.46. The van der Waals surface area contributed by atoms with Crippen molar-refractivity contribution < 1.29 is 0 Å². The molecule has 26 heavy (non-hydrogen) atoms. The van der Waals surface area contributed by atoms with E-state index in [1.807, 2.05) is 18.7 Å². The molecule has 2 aliphatic rings. The number of aromatic amines is 1. The largest absolute Gasteiger partial charge is 0.356 e. The van der Waals surface area contributed by atoms with Crippen LogP contribution in [-0.4, -0.2) is 23.0 Å². The third-order valence-corrected chi connectivity index (χ3v) is 6.10. The van der Waals surface area contributed by atoms with E-state index in [0.717, 1.165) is 25.3 Å². The van der Waals surface area contributed by atoms with E-state index in [-0.39, 0.29) is 6.04 Å². The van der Waals surface area contributed by atoms with Crippen molar-refractivity contribution in [2.45, 2.75) is 58.4 Å². The summed E-state index contributed by atoms with van der Waals surface area (Å²) in [5.74, 6) is 1.47. The molecule has 0 spiro atoms. The van der Waals surface area contributed by atoms with Gasteiger partial charge in [-0.25, -0.2) is 0 Å². The number of H-pyrrole nitrogens is 1. The van der Waals surface area contributed by atoms with Crippen molar-refractivity contribution in [1.29, 1.82) is 5.26 Å². The SMILES string of the molecule is CC.N#CN1CC2CCCCC2CC1c1[nH]c2ccccc2c1CCN. The van der Waals surface area contributed by atoms with Crippen molar-refractivity contribution in [3.05, 3.63) is 35.5 Å². The maximum Gasteiger partial charge on any atom is 0.179 e. The van der Waals surface area contributed by atoms with Crippen LogP contribution in [0.25, 0.3) is 10.9 Å². The average Bonchev–Trinajstić information content (AvgIpc) is 3.07. The van der Waals surface area contributed by atoms with Gasteiger partial charge in [-0.2, -0.15) is 5.26 Å². The fourth-order valence-electron chi connectivity index (χ4n) is 4.93. The zero-order valence-corrected chi connectivity index (χ0v) is 16.2. The van der Waals surface area contributed by atoms with Gasteiger partial charge in [0.15, 0.2) is 6.19 Å². The fraction of sp³-hybridized carbons (Fsp3) is 0.591. The second-order valence-corrected chi connectivity index (χ2v) is 7.41. The van der Waals surface area contributed by atoms with E-state index in [4.69, 9.17) is 5.73 Å². The van der Waals surface area contributed by atoms with E-state index in [0.29, 0.717) is 12.5 Å². The Balaban J connectivity index is 0.000000948. The second kappa shape index (κ2) is 8.60. The zero-order chi connectivity index (χ0) is 18.5. The zero-order valence-electron chi connectivity index (χ0n) is 16.2. The molecule has 2 aromatic rings. The van der Waals surface area contributed by atoms with Crippen LogP contribution in [0, 0.1) is 23.3 Å². The van der Waals surface area contributed by atoms with Gasteiger partial charge in [-0.15, -0.1) is 0 Å². The number of nitrogens with zero attached hydrogens (tertiary/aromatic N) is 2. The summed E-state index contributed by atoms with van der Waals surface area (Å²) in [6.07, 6.45) is 9.74. The van der Waals surface area contributed by atoms with E-state index in [2.05, 4.69) is 35.4 Å². The van der Waals surface area contributed by atoms with Gasteiger partial charge in [0.1, 0.15) is 0 Å². The number of hydrogen-bond donors (Lipinski definition) is 2. The van der Waals surface area contributed by atoms with Gasteiger partial charge in [0, 0.05) is 23.1 Å². The van der Waals surface area contributed by atoms with Crippen molar-refractivity contribution in [2.75, 3.05) is 13.1 Å². The maximum absolute atomic E-state index is 9.75. The van der Waals surface area contributed by atoms with E-state index in [1.165, 1.54) is 47.8 Å². The normalized spacial score (nSPS) is 25.2. The first-order chi connectivity index (χ1) is 12.8. The monoisotopic (exact) mass is 352 g/mol. The lowest BCUT2D eigenvalue weighted by molar-refractivity contribution is 0.0747. The van der Waals surface area contributed by atoms with Crippen molar-refractivity contribution in [3.63, 3.8) is 0 Å². The summed E-state index contributed by atoms with van der Waals surface area (Å²) in [6.45, 7) is 5.56. The molecule has 0 bridgehead atoms. The highest BCUT2D eigenvalue weighted by Crippen LogP contribution is 2.44. The molecule has 3 atom stereocenters. The maximum atomic E-state index is 9.75. The minimum atomic E-state index is 0.184. The summed E-state index contributed by atoms with van der Waals surface area (Å²) in [7, 11) is 0. The van der Waals surface area contributed by atoms with Crippen molar-refractivity contribution in [2.24, 2.45) is 17.6 Å². The second-order valence-electron chi connectivity index (χ2n) is 7.41. The minimum Gasteiger partial charge on any atom is -0.356 e. The number of para-hydroxylation sites is 1. The molecular formula is C22H32N4. The van der Waals surface area contributed by atoms with Crippen LogP contribution in [0.1, 0.15) is 63.3 Å². The molecule has 1 aliphatic carbocycles. The Morgan fingerprint density at radius 2 is 1.92 bits per heavy atom. The van der Waals surface area contributed by atoms with Crippen molar-refractivity contribution in [1.82, 2.24) is 9.88 Å². The van der Waals surface area contributed by atoms with Gasteiger partial charge in [0.2, 0.25) is 0 Å². The molecule has 4 heteroatoms. The Labute approximate surface area is 157 Å². The van der Waals surface area contributed by atoms with Gasteiger partial charge < -0.3 is 15.6 Å². The highest BCUT2D eigenvalue weighted by atomic mass is 15.2. The highest BCUT2D eigenvalue weighted by Gasteiger charge is 2.38. The molecule has 0 radical (unpaired) electrons.